The number of hydrogen-bond acceptors (Lipinski definition) is 5. The first-order valence-electron chi connectivity index (χ1n) is 10.6. The summed E-state index contributed by atoms with van der Waals surface area (Å²) in [6, 6.07) is 22.6. The van der Waals surface area contributed by atoms with Crippen LogP contribution in [0.1, 0.15) is 23.5 Å². The molecule has 0 radical (unpaired) electrons. The summed E-state index contributed by atoms with van der Waals surface area (Å²) in [6.07, 6.45) is 3.80. The molecule has 2 N–H and O–H groups in total. The zero-order valence-electron chi connectivity index (χ0n) is 17.5. The highest BCUT2D eigenvalue weighted by Gasteiger charge is 2.42. The van der Waals surface area contributed by atoms with Gasteiger partial charge in [-0.25, -0.2) is 0 Å². The normalized spacial score (nSPS) is 19.0. The van der Waals surface area contributed by atoms with Crippen LogP contribution in [0.4, 0.5) is 5.69 Å². The summed E-state index contributed by atoms with van der Waals surface area (Å²) in [4.78, 5) is 6.72. The molecule has 0 amide bonds. The molecule has 33 heavy (non-hydrogen) atoms. The van der Waals surface area contributed by atoms with Crippen LogP contribution in [0.2, 0.25) is 0 Å². The average Bonchev–Trinajstić information content (AvgIpc) is 3.57. The van der Waals surface area contributed by atoms with E-state index in [1.165, 1.54) is 0 Å². The fraction of sp³-hybridized carbons (Fsp3) is 0.120. The minimum Gasteiger partial charge on any atom is -0.508 e. The van der Waals surface area contributed by atoms with E-state index < -0.39 is 0 Å². The number of phenols is 1. The van der Waals surface area contributed by atoms with E-state index in [0.717, 1.165) is 28.5 Å². The number of pyridine rings is 1. The zero-order chi connectivity index (χ0) is 22.4. The molecule has 8 heteroatoms. The lowest BCUT2D eigenvalue weighted by molar-refractivity contribution is 0.174. The Hall–Kier alpha value is -4.04. The van der Waals surface area contributed by atoms with Gasteiger partial charge in [0, 0.05) is 35.5 Å². The Balaban J connectivity index is 1.50. The van der Waals surface area contributed by atoms with Crippen molar-refractivity contribution in [1.29, 1.82) is 0 Å². The Kier molecular flexibility index (Phi) is 4.66. The van der Waals surface area contributed by atoms with Gasteiger partial charge in [0.05, 0.1) is 11.7 Å². The minimum atomic E-state index is -0.184. The number of benzene rings is 2. The number of nitrogens with zero attached hydrogens (tertiary/aromatic N) is 3. The largest absolute Gasteiger partial charge is 0.508 e. The predicted octanol–water partition coefficient (Wildman–Crippen LogP) is 4.48. The average molecular weight is 457 g/mol. The van der Waals surface area contributed by atoms with Crippen molar-refractivity contribution < 1.29 is 14.6 Å². The van der Waals surface area contributed by atoms with Crippen LogP contribution in [0.25, 0.3) is 5.69 Å². The van der Waals surface area contributed by atoms with Gasteiger partial charge in [-0.2, -0.15) is 0 Å². The van der Waals surface area contributed by atoms with Crippen molar-refractivity contribution in [2.24, 2.45) is 0 Å². The van der Waals surface area contributed by atoms with Gasteiger partial charge in [0.2, 0.25) is 6.79 Å². The Morgan fingerprint density at radius 2 is 1.76 bits per heavy atom. The van der Waals surface area contributed by atoms with Crippen molar-refractivity contribution in [2.45, 2.75) is 12.1 Å². The molecule has 4 aromatic rings. The molecule has 4 heterocycles. The molecule has 0 unspecified atom stereocenters. The number of rotatable bonds is 4. The first kappa shape index (κ1) is 19.6. The number of aromatic hydroxyl groups is 1. The monoisotopic (exact) mass is 456 g/mol. The van der Waals surface area contributed by atoms with E-state index in [4.69, 9.17) is 21.7 Å². The quantitative estimate of drug-likeness (QED) is 0.439. The van der Waals surface area contributed by atoms with Crippen LogP contribution in [-0.2, 0) is 0 Å². The van der Waals surface area contributed by atoms with E-state index >= 15 is 0 Å². The van der Waals surface area contributed by atoms with Gasteiger partial charge in [0.1, 0.15) is 11.8 Å². The van der Waals surface area contributed by atoms with Crippen LogP contribution >= 0.6 is 12.2 Å². The molecule has 7 nitrogen and oxygen atoms in total. The van der Waals surface area contributed by atoms with E-state index in [9.17, 15) is 5.11 Å². The topological polar surface area (TPSA) is 71.8 Å². The summed E-state index contributed by atoms with van der Waals surface area (Å²) in [6.45, 7) is 0.213. The van der Waals surface area contributed by atoms with Crippen molar-refractivity contribution in [3.63, 3.8) is 0 Å². The highest BCUT2D eigenvalue weighted by Crippen LogP contribution is 2.44. The summed E-state index contributed by atoms with van der Waals surface area (Å²) >= 11 is 5.83. The maximum atomic E-state index is 9.75. The number of aromatic nitrogens is 2. The van der Waals surface area contributed by atoms with Gasteiger partial charge in [-0.3, -0.25) is 4.98 Å². The van der Waals surface area contributed by atoms with Gasteiger partial charge >= 0.3 is 0 Å². The van der Waals surface area contributed by atoms with Gasteiger partial charge in [0.15, 0.2) is 16.6 Å². The molecule has 0 bridgehead atoms. The second kappa shape index (κ2) is 7.83. The maximum absolute atomic E-state index is 9.75. The van der Waals surface area contributed by atoms with Crippen molar-refractivity contribution in [2.75, 3.05) is 11.7 Å². The first-order valence-corrected chi connectivity index (χ1v) is 11.0. The molecular formula is C25H20N4O3S. The number of thiocarbonyl (C=S) groups is 1. The molecular weight excluding hydrogens is 436 g/mol. The Morgan fingerprint density at radius 3 is 2.58 bits per heavy atom. The van der Waals surface area contributed by atoms with Crippen LogP contribution in [0.15, 0.2) is 85.2 Å². The van der Waals surface area contributed by atoms with Gasteiger partial charge in [-0.05, 0) is 72.9 Å². The van der Waals surface area contributed by atoms with Crippen LogP contribution in [0, 0.1) is 0 Å². The van der Waals surface area contributed by atoms with Gasteiger partial charge in [-0.15, -0.1) is 0 Å². The van der Waals surface area contributed by atoms with Gasteiger partial charge in [-0.1, -0.05) is 6.07 Å². The molecule has 2 aromatic heterocycles. The lowest BCUT2D eigenvalue weighted by atomic mass is 10.0. The Bertz CT molecular complexity index is 1320. The lowest BCUT2D eigenvalue weighted by Gasteiger charge is -2.29. The van der Waals surface area contributed by atoms with Crippen molar-refractivity contribution in [3.05, 3.63) is 96.6 Å². The third-order valence-corrected chi connectivity index (χ3v) is 6.26. The minimum absolute atomic E-state index is 0.171. The molecule has 164 valence electrons. The van der Waals surface area contributed by atoms with Crippen molar-refractivity contribution in [1.82, 2.24) is 14.9 Å². The third-order valence-electron chi connectivity index (χ3n) is 5.94. The van der Waals surface area contributed by atoms with Crippen LogP contribution in [-0.4, -0.2) is 26.6 Å². The number of nitrogens with one attached hydrogen (secondary N) is 1. The van der Waals surface area contributed by atoms with Crippen molar-refractivity contribution >= 4 is 23.0 Å². The van der Waals surface area contributed by atoms with E-state index in [2.05, 4.69) is 25.8 Å². The van der Waals surface area contributed by atoms with Crippen molar-refractivity contribution in [3.8, 4) is 22.9 Å². The van der Waals surface area contributed by atoms with Gasteiger partial charge in [0.25, 0.3) is 0 Å². The second-order valence-electron chi connectivity index (χ2n) is 7.85. The number of phenolic OH excluding ortho intramolecular Hbond substituents is 1. The highest BCUT2D eigenvalue weighted by molar-refractivity contribution is 7.80. The molecule has 0 spiro atoms. The van der Waals surface area contributed by atoms with E-state index in [1.807, 2.05) is 60.8 Å². The third kappa shape index (κ3) is 3.35. The molecule has 2 aromatic carbocycles. The summed E-state index contributed by atoms with van der Waals surface area (Å²) in [5.41, 5.74) is 3.77. The maximum Gasteiger partial charge on any atom is 0.231 e. The highest BCUT2D eigenvalue weighted by atomic mass is 32.1. The molecule has 1 fully saturated rings. The fourth-order valence-electron chi connectivity index (χ4n) is 4.45. The van der Waals surface area contributed by atoms with E-state index in [0.29, 0.717) is 10.9 Å². The molecule has 6 rings (SSSR count). The SMILES string of the molecule is Oc1ccc(-n2cccc2[C@@H]2[C@@H](c3ccccn3)NC(=S)N2c2ccc3c(c2)OCO3)cc1. The first-order chi connectivity index (χ1) is 16.2. The molecule has 2 atom stereocenters. The van der Waals surface area contributed by atoms with E-state index in [-0.39, 0.29) is 24.6 Å². The van der Waals surface area contributed by atoms with Crippen LogP contribution < -0.4 is 19.7 Å². The Morgan fingerprint density at radius 1 is 0.939 bits per heavy atom. The summed E-state index contributed by atoms with van der Waals surface area (Å²) in [5, 5.41) is 13.8. The number of hydrogen-bond donors (Lipinski definition) is 2. The summed E-state index contributed by atoms with van der Waals surface area (Å²) in [5.74, 6) is 1.65. The summed E-state index contributed by atoms with van der Waals surface area (Å²) in [7, 11) is 0. The van der Waals surface area contributed by atoms with Gasteiger partial charge < -0.3 is 29.4 Å². The second-order valence-corrected chi connectivity index (χ2v) is 8.24. The lowest BCUT2D eigenvalue weighted by Crippen LogP contribution is -2.30. The Labute approximate surface area is 195 Å². The fourth-order valence-corrected chi connectivity index (χ4v) is 4.80. The molecule has 2 aliphatic rings. The summed E-state index contributed by atoms with van der Waals surface area (Å²) < 4.78 is 13.2. The smallest absolute Gasteiger partial charge is 0.231 e. The number of anilines is 1. The molecule has 1 saturated heterocycles. The number of fused-ring (bicyclic) bond motifs is 1. The van der Waals surface area contributed by atoms with Crippen LogP contribution in [0.5, 0.6) is 17.2 Å². The van der Waals surface area contributed by atoms with E-state index in [1.54, 1.807) is 18.3 Å². The van der Waals surface area contributed by atoms with Crippen LogP contribution in [0.3, 0.4) is 0 Å². The number of ether oxygens (including phenoxy) is 2. The predicted molar refractivity (Wildman–Crippen MR) is 128 cm³/mol. The standard InChI is InChI=1S/C25H20N4O3S/c30-18-9-6-16(7-10-18)28-13-3-5-20(28)24-23(19-4-1-2-12-26-19)27-25(33)29(24)17-8-11-21-22(14-17)32-15-31-21/h1-14,23-24,30H,15H2,(H,27,33)/t23-,24-/m1/s1. The molecule has 2 aliphatic heterocycles. The zero-order valence-corrected chi connectivity index (χ0v) is 18.3. The molecule has 0 saturated carbocycles. The molecule has 0 aliphatic carbocycles.